The number of nitrogens with one attached hydrogen (secondary N) is 1. The lowest BCUT2D eigenvalue weighted by atomic mass is 10.0. The summed E-state index contributed by atoms with van der Waals surface area (Å²) in [7, 11) is 4.20. The number of rotatable bonds is 5. The van der Waals surface area contributed by atoms with Crippen molar-refractivity contribution in [3.63, 3.8) is 0 Å². The molecule has 1 atom stereocenters. The van der Waals surface area contributed by atoms with Crippen molar-refractivity contribution in [3.8, 4) is 0 Å². The SMILES string of the molecule is CCNC(=NCc1ccc(CN(C)C)cc1)N1CCCC(C)C1. The molecule has 1 heterocycles. The van der Waals surface area contributed by atoms with Crippen LogP contribution in [0.4, 0.5) is 0 Å². The number of piperidine rings is 1. The molecule has 1 aliphatic heterocycles. The number of benzene rings is 1. The number of guanidine groups is 1. The van der Waals surface area contributed by atoms with Gasteiger partial charge in [-0.1, -0.05) is 31.2 Å². The van der Waals surface area contributed by atoms with Crippen LogP contribution in [0.1, 0.15) is 37.8 Å². The lowest BCUT2D eigenvalue weighted by molar-refractivity contribution is 0.266. The minimum atomic E-state index is 0.745. The maximum absolute atomic E-state index is 4.85. The Morgan fingerprint density at radius 3 is 2.57 bits per heavy atom. The first-order valence-corrected chi connectivity index (χ1v) is 8.84. The van der Waals surface area contributed by atoms with Crippen LogP contribution >= 0.6 is 0 Å². The average molecular weight is 316 g/mol. The van der Waals surface area contributed by atoms with Gasteiger partial charge in [0.1, 0.15) is 0 Å². The van der Waals surface area contributed by atoms with Gasteiger partial charge in [0.2, 0.25) is 0 Å². The zero-order valence-corrected chi connectivity index (χ0v) is 15.2. The van der Waals surface area contributed by atoms with Crippen molar-refractivity contribution in [2.45, 2.75) is 39.8 Å². The van der Waals surface area contributed by atoms with Crippen LogP contribution < -0.4 is 5.32 Å². The molecule has 0 spiro atoms. The second-order valence-corrected chi connectivity index (χ2v) is 6.92. The fourth-order valence-corrected chi connectivity index (χ4v) is 3.09. The molecule has 2 rings (SSSR count). The van der Waals surface area contributed by atoms with Crippen molar-refractivity contribution in [1.82, 2.24) is 15.1 Å². The smallest absolute Gasteiger partial charge is 0.194 e. The number of likely N-dealkylation sites (tertiary alicyclic amines) is 1. The van der Waals surface area contributed by atoms with E-state index in [1.54, 1.807) is 0 Å². The van der Waals surface area contributed by atoms with Crippen LogP contribution in [0.15, 0.2) is 29.3 Å². The van der Waals surface area contributed by atoms with Crippen molar-refractivity contribution >= 4 is 5.96 Å². The summed E-state index contributed by atoms with van der Waals surface area (Å²) in [5, 5.41) is 3.45. The second kappa shape index (κ2) is 8.92. The summed E-state index contributed by atoms with van der Waals surface area (Å²) in [6, 6.07) is 8.82. The van der Waals surface area contributed by atoms with Gasteiger partial charge in [-0.25, -0.2) is 4.99 Å². The first-order valence-electron chi connectivity index (χ1n) is 8.84. The van der Waals surface area contributed by atoms with Crippen LogP contribution in [0.25, 0.3) is 0 Å². The normalized spacial score (nSPS) is 19.3. The predicted molar refractivity (Wildman–Crippen MR) is 98.6 cm³/mol. The summed E-state index contributed by atoms with van der Waals surface area (Å²) in [6.07, 6.45) is 2.61. The Bertz CT molecular complexity index is 493. The van der Waals surface area contributed by atoms with E-state index in [1.165, 1.54) is 24.0 Å². The highest BCUT2D eigenvalue weighted by Gasteiger charge is 2.18. The topological polar surface area (TPSA) is 30.9 Å². The summed E-state index contributed by atoms with van der Waals surface area (Å²) in [5.74, 6) is 1.83. The quantitative estimate of drug-likeness (QED) is 0.669. The fraction of sp³-hybridized carbons (Fsp3) is 0.632. The van der Waals surface area contributed by atoms with Crippen molar-refractivity contribution in [3.05, 3.63) is 35.4 Å². The van der Waals surface area contributed by atoms with Gasteiger partial charge in [-0.15, -0.1) is 0 Å². The van der Waals surface area contributed by atoms with Crippen LogP contribution in [-0.4, -0.2) is 49.5 Å². The lowest BCUT2D eigenvalue weighted by Gasteiger charge is -2.33. The van der Waals surface area contributed by atoms with Crippen molar-refractivity contribution in [1.29, 1.82) is 0 Å². The average Bonchev–Trinajstić information content (AvgIpc) is 2.52. The van der Waals surface area contributed by atoms with E-state index in [-0.39, 0.29) is 0 Å². The molecule has 1 aromatic rings. The van der Waals surface area contributed by atoms with Gasteiger partial charge in [0.05, 0.1) is 6.54 Å². The van der Waals surface area contributed by atoms with Crippen LogP contribution in [0.5, 0.6) is 0 Å². The molecule has 1 aliphatic rings. The van der Waals surface area contributed by atoms with Crippen molar-refractivity contribution in [2.24, 2.45) is 10.9 Å². The molecule has 1 unspecified atom stereocenters. The minimum Gasteiger partial charge on any atom is -0.357 e. The van der Waals surface area contributed by atoms with Gasteiger partial charge in [-0.3, -0.25) is 0 Å². The minimum absolute atomic E-state index is 0.745. The molecule has 0 aliphatic carbocycles. The standard InChI is InChI=1S/C19H32N4/c1-5-20-19(23-12-6-7-16(2)14-23)21-13-17-8-10-18(11-9-17)15-22(3)4/h8-11,16H,5-7,12-15H2,1-4H3,(H,20,21). The predicted octanol–water partition coefficient (Wildman–Crippen LogP) is 2.95. The van der Waals surface area contributed by atoms with E-state index >= 15 is 0 Å². The molecule has 1 fully saturated rings. The molecule has 0 radical (unpaired) electrons. The Morgan fingerprint density at radius 2 is 1.96 bits per heavy atom. The van der Waals surface area contributed by atoms with E-state index in [9.17, 15) is 0 Å². The fourth-order valence-electron chi connectivity index (χ4n) is 3.09. The van der Waals surface area contributed by atoms with Gasteiger partial charge in [0.15, 0.2) is 5.96 Å². The Kier molecular flexibility index (Phi) is 6.90. The van der Waals surface area contributed by atoms with Gasteiger partial charge in [-0.2, -0.15) is 0 Å². The van der Waals surface area contributed by atoms with Crippen molar-refractivity contribution < 1.29 is 0 Å². The maximum atomic E-state index is 4.85. The van der Waals surface area contributed by atoms with Gasteiger partial charge >= 0.3 is 0 Å². The molecular formula is C19H32N4. The lowest BCUT2D eigenvalue weighted by Crippen LogP contribution is -2.46. The molecule has 0 amide bonds. The Morgan fingerprint density at radius 1 is 1.26 bits per heavy atom. The van der Waals surface area contributed by atoms with Gasteiger partial charge in [-0.05, 0) is 50.9 Å². The zero-order valence-electron chi connectivity index (χ0n) is 15.2. The molecule has 0 aromatic heterocycles. The highest BCUT2D eigenvalue weighted by Crippen LogP contribution is 2.16. The molecule has 4 heteroatoms. The molecular weight excluding hydrogens is 284 g/mol. The molecule has 0 bridgehead atoms. The van der Waals surface area contributed by atoms with E-state index in [4.69, 9.17) is 4.99 Å². The third-order valence-electron chi connectivity index (χ3n) is 4.22. The van der Waals surface area contributed by atoms with E-state index in [2.05, 4.69) is 67.3 Å². The third kappa shape index (κ3) is 5.87. The van der Waals surface area contributed by atoms with Gasteiger partial charge < -0.3 is 15.1 Å². The molecule has 4 nitrogen and oxygen atoms in total. The number of hydrogen-bond acceptors (Lipinski definition) is 2. The summed E-state index contributed by atoms with van der Waals surface area (Å²) in [5.41, 5.74) is 2.62. The van der Waals surface area contributed by atoms with E-state index in [0.29, 0.717) is 0 Å². The third-order valence-corrected chi connectivity index (χ3v) is 4.22. The van der Waals surface area contributed by atoms with Gasteiger partial charge in [0.25, 0.3) is 0 Å². The summed E-state index contributed by atoms with van der Waals surface area (Å²) in [6.45, 7) is 9.36. The second-order valence-electron chi connectivity index (χ2n) is 6.92. The highest BCUT2D eigenvalue weighted by molar-refractivity contribution is 5.80. The largest absolute Gasteiger partial charge is 0.357 e. The van der Waals surface area contributed by atoms with Crippen LogP contribution in [0, 0.1) is 5.92 Å². The van der Waals surface area contributed by atoms with Crippen LogP contribution in [0.3, 0.4) is 0 Å². The van der Waals surface area contributed by atoms with Gasteiger partial charge in [0, 0.05) is 26.2 Å². The monoisotopic (exact) mass is 316 g/mol. The van der Waals surface area contributed by atoms with E-state index < -0.39 is 0 Å². The van der Waals surface area contributed by atoms with E-state index in [0.717, 1.165) is 44.6 Å². The molecule has 23 heavy (non-hydrogen) atoms. The van der Waals surface area contributed by atoms with Crippen LogP contribution in [-0.2, 0) is 13.1 Å². The summed E-state index contributed by atoms with van der Waals surface area (Å²) in [4.78, 5) is 9.46. The maximum Gasteiger partial charge on any atom is 0.194 e. The summed E-state index contributed by atoms with van der Waals surface area (Å²) < 4.78 is 0. The Hall–Kier alpha value is -1.55. The Labute approximate surface area is 141 Å². The number of nitrogens with zero attached hydrogens (tertiary/aromatic N) is 3. The first kappa shape index (κ1) is 17.8. The Balaban J connectivity index is 1.99. The van der Waals surface area contributed by atoms with E-state index in [1.807, 2.05) is 0 Å². The van der Waals surface area contributed by atoms with Crippen molar-refractivity contribution in [2.75, 3.05) is 33.7 Å². The number of aliphatic imine (C=N–C) groups is 1. The summed E-state index contributed by atoms with van der Waals surface area (Å²) >= 11 is 0. The number of hydrogen-bond donors (Lipinski definition) is 1. The first-order chi connectivity index (χ1) is 11.1. The van der Waals surface area contributed by atoms with Crippen LogP contribution in [0.2, 0.25) is 0 Å². The zero-order chi connectivity index (χ0) is 16.7. The highest BCUT2D eigenvalue weighted by atomic mass is 15.3. The molecule has 1 N–H and O–H groups in total. The molecule has 0 saturated carbocycles. The molecule has 1 saturated heterocycles. The molecule has 128 valence electrons. The molecule has 1 aromatic carbocycles.